The molecule has 0 radical (unpaired) electrons. The monoisotopic (exact) mass is 367 g/mol. The Morgan fingerprint density at radius 1 is 1.11 bits per heavy atom. The lowest BCUT2D eigenvalue weighted by Crippen LogP contribution is -2.29. The summed E-state index contributed by atoms with van der Waals surface area (Å²) < 4.78 is 13.6. The maximum absolute atomic E-state index is 13.6. The van der Waals surface area contributed by atoms with E-state index in [0.29, 0.717) is 5.92 Å². The van der Waals surface area contributed by atoms with Gasteiger partial charge in [0.1, 0.15) is 5.82 Å². The van der Waals surface area contributed by atoms with E-state index in [9.17, 15) is 9.50 Å². The lowest BCUT2D eigenvalue weighted by Gasteiger charge is -2.31. The fraction of sp³-hybridized carbons (Fsp3) is 0.500. The first kappa shape index (κ1) is 19.8. The molecule has 0 saturated heterocycles. The molecule has 1 heterocycles. The summed E-state index contributed by atoms with van der Waals surface area (Å²) in [5.41, 5.74) is 9.84. The smallest absolute Gasteiger partial charge is 0.123 e. The number of hydrogen-bond donors (Lipinski definition) is 1. The largest absolute Gasteiger partial charge is 0.392 e. The number of hydrogen-bond acceptors (Lipinski definition) is 2. The summed E-state index contributed by atoms with van der Waals surface area (Å²) in [6.45, 7) is 8.50. The average molecular weight is 368 g/mol. The molecular weight excluding hydrogens is 337 g/mol. The van der Waals surface area contributed by atoms with E-state index >= 15 is 0 Å². The number of aliphatic imine (C=N–C) groups is 1. The minimum Gasteiger partial charge on any atom is -0.392 e. The molecule has 1 N–H and O–H groups in total. The molecule has 1 unspecified atom stereocenters. The van der Waals surface area contributed by atoms with E-state index in [-0.39, 0.29) is 24.4 Å². The van der Waals surface area contributed by atoms with Crippen molar-refractivity contribution in [1.29, 1.82) is 0 Å². The van der Waals surface area contributed by atoms with Gasteiger partial charge in [-0.2, -0.15) is 0 Å². The van der Waals surface area contributed by atoms with Gasteiger partial charge in [-0.3, -0.25) is 4.99 Å². The molecule has 1 aromatic carbocycles. The lowest BCUT2D eigenvalue weighted by atomic mass is 9.79. The number of aliphatic hydroxyl groups is 1. The van der Waals surface area contributed by atoms with Crippen molar-refractivity contribution in [3.8, 4) is 0 Å². The zero-order chi connectivity index (χ0) is 19.6. The Bertz CT molecular complexity index is 812. The molecule has 0 aromatic heterocycles. The number of halogens is 1. The van der Waals surface area contributed by atoms with E-state index in [1.54, 1.807) is 0 Å². The number of dihydropyridines is 1. The van der Waals surface area contributed by atoms with Crippen LogP contribution in [0.5, 0.6) is 0 Å². The first-order valence-electron chi connectivity index (χ1n) is 10.1. The van der Waals surface area contributed by atoms with Crippen LogP contribution in [0.3, 0.4) is 0 Å². The molecule has 144 valence electrons. The molecule has 0 spiro atoms. The minimum atomic E-state index is -0.251. The predicted octanol–water partition coefficient (Wildman–Crippen LogP) is 5.73. The zero-order valence-electron chi connectivity index (χ0n) is 16.8. The van der Waals surface area contributed by atoms with E-state index in [1.807, 2.05) is 12.1 Å². The Hall–Kier alpha value is -1.96. The van der Waals surface area contributed by atoms with Crippen LogP contribution in [0.4, 0.5) is 4.39 Å². The van der Waals surface area contributed by atoms with Crippen molar-refractivity contribution in [2.75, 3.05) is 6.61 Å². The van der Waals surface area contributed by atoms with Crippen LogP contribution in [-0.4, -0.2) is 23.5 Å². The lowest BCUT2D eigenvalue weighted by molar-refractivity contribution is 0.336. The van der Waals surface area contributed by atoms with Crippen LogP contribution in [0.1, 0.15) is 58.9 Å². The Kier molecular flexibility index (Phi) is 6.14. The highest BCUT2D eigenvalue weighted by molar-refractivity contribution is 6.12. The molecule has 0 bridgehead atoms. The highest BCUT2D eigenvalue weighted by Crippen LogP contribution is 2.39. The van der Waals surface area contributed by atoms with E-state index < -0.39 is 0 Å². The first-order chi connectivity index (χ1) is 12.9. The van der Waals surface area contributed by atoms with Crippen LogP contribution in [0.2, 0.25) is 0 Å². The average Bonchev–Trinajstić information content (AvgIpc) is 3.14. The molecular formula is C24H30FNO. The third kappa shape index (κ3) is 4.15. The second kappa shape index (κ2) is 8.37. The van der Waals surface area contributed by atoms with Gasteiger partial charge >= 0.3 is 0 Å². The summed E-state index contributed by atoms with van der Waals surface area (Å²) in [6.07, 6.45) is 4.59. The van der Waals surface area contributed by atoms with Gasteiger partial charge in [0, 0.05) is 22.4 Å². The molecule has 1 aliphatic heterocycles. The van der Waals surface area contributed by atoms with Crippen molar-refractivity contribution in [2.24, 2.45) is 16.8 Å². The SMILES string of the molecule is CC(C)C1=NC(C(C)C)C(=C=C2CCCC2)C(c2ccc(F)cc2)=C1CO. The van der Waals surface area contributed by atoms with Crippen LogP contribution in [0.15, 0.2) is 51.7 Å². The van der Waals surface area contributed by atoms with Gasteiger partial charge in [0.2, 0.25) is 0 Å². The molecule has 1 saturated carbocycles. The maximum Gasteiger partial charge on any atom is 0.123 e. The van der Waals surface area contributed by atoms with Crippen molar-refractivity contribution in [3.63, 3.8) is 0 Å². The predicted molar refractivity (Wildman–Crippen MR) is 110 cm³/mol. The Morgan fingerprint density at radius 3 is 2.26 bits per heavy atom. The molecule has 2 aliphatic rings. The second-order valence-corrected chi connectivity index (χ2v) is 8.23. The van der Waals surface area contributed by atoms with Crippen molar-refractivity contribution < 1.29 is 9.50 Å². The molecule has 3 rings (SSSR count). The molecule has 1 fully saturated rings. The summed E-state index contributed by atoms with van der Waals surface area (Å²) >= 11 is 0. The van der Waals surface area contributed by atoms with Crippen molar-refractivity contribution in [3.05, 3.63) is 58.1 Å². The summed E-state index contributed by atoms with van der Waals surface area (Å²) in [4.78, 5) is 5.06. The molecule has 1 aromatic rings. The molecule has 1 atom stereocenters. The summed E-state index contributed by atoms with van der Waals surface area (Å²) in [5.74, 6) is 0.280. The van der Waals surface area contributed by atoms with E-state index in [0.717, 1.165) is 40.8 Å². The van der Waals surface area contributed by atoms with Crippen LogP contribution < -0.4 is 0 Å². The maximum atomic E-state index is 13.6. The van der Waals surface area contributed by atoms with Crippen LogP contribution in [-0.2, 0) is 0 Å². The van der Waals surface area contributed by atoms with Gasteiger partial charge in [0.15, 0.2) is 0 Å². The quantitative estimate of drug-likeness (QED) is 0.677. The number of aliphatic hydroxyl groups excluding tert-OH is 1. The third-order valence-electron chi connectivity index (χ3n) is 5.44. The van der Waals surface area contributed by atoms with Gasteiger partial charge in [-0.1, -0.05) is 39.8 Å². The normalized spacial score (nSPS) is 20.6. The highest BCUT2D eigenvalue weighted by Gasteiger charge is 2.32. The Labute approximate surface area is 162 Å². The third-order valence-corrected chi connectivity index (χ3v) is 5.44. The van der Waals surface area contributed by atoms with Crippen molar-refractivity contribution in [2.45, 2.75) is 59.4 Å². The molecule has 3 heteroatoms. The molecule has 0 amide bonds. The van der Waals surface area contributed by atoms with Crippen LogP contribution in [0, 0.1) is 17.7 Å². The van der Waals surface area contributed by atoms with Gasteiger partial charge in [0.25, 0.3) is 0 Å². The molecule has 2 nitrogen and oxygen atoms in total. The summed E-state index contributed by atoms with van der Waals surface area (Å²) in [6, 6.07) is 6.60. The van der Waals surface area contributed by atoms with Gasteiger partial charge in [-0.05, 0) is 60.8 Å². The summed E-state index contributed by atoms with van der Waals surface area (Å²) in [5, 5.41) is 10.2. The number of nitrogens with zero attached hydrogens (tertiary/aromatic N) is 1. The fourth-order valence-corrected chi connectivity index (χ4v) is 4.07. The van der Waals surface area contributed by atoms with E-state index in [2.05, 4.69) is 33.4 Å². The van der Waals surface area contributed by atoms with Gasteiger partial charge in [0.05, 0.1) is 12.6 Å². The standard InChI is InChI=1S/C24H30FNO/c1-15(2)23-20(13-17-7-5-6-8-17)22(18-9-11-19(25)12-10-18)21(14-27)24(26-23)16(3)4/h9-12,15-16,23,27H,5-8,14H2,1-4H3. The fourth-order valence-electron chi connectivity index (χ4n) is 4.07. The van der Waals surface area contributed by atoms with Crippen molar-refractivity contribution >= 4 is 11.3 Å². The van der Waals surface area contributed by atoms with Crippen LogP contribution in [0.25, 0.3) is 5.57 Å². The second-order valence-electron chi connectivity index (χ2n) is 8.23. The topological polar surface area (TPSA) is 32.6 Å². The van der Waals surface area contributed by atoms with Crippen LogP contribution >= 0.6 is 0 Å². The Balaban J connectivity index is 2.31. The van der Waals surface area contributed by atoms with Gasteiger partial charge in [-0.15, -0.1) is 5.73 Å². The first-order valence-corrected chi connectivity index (χ1v) is 10.1. The Morgan fingerprint density at radius 2 is 1.74 bits per heavy atom. The minimum absolute atomic E-state index is 0.00542. The zero-order valence-corrected chi connectivity index (χ0v) is 16.8. The van der Waals surface area contributed by atoms with E-state index in [1.165, 1.54) is 30.5 Å². The van der Waals surface area contributed by atoms with Crippen molar-refractivity contribution in [1.82, 2.24) is 0 Å². The number of benzene rings is 1. The van der Waals surface area contributed by atoms with Gasteiger partial charge < -0.3 is 5.11 Å². The molecule has 1 aliphatic carbocycles. The van der Waals surface area contributed by atoms with E-state index in [4.69, 9.17) is 4.99 Å². The number of rotatable bonds is 4. The van der Waals surface area contributed by atoms with Gasteiger partial charge in [-0.25, -0.2) is 4.39 Å². The summed E-state index contributed by atoms with van der Waals surface area (Å²) in [7, 11) is 0. The molecule has 27 heavy (non-hydrogen) atoms. The highest BCUT2D eigenvalue weighted by atomic mass is 19.1.